The molecule has 0 N–H and O–H groups in total. The molecule has 0 aromatic heterocycles. The number of halogens is 1. The molecular weight excluding hydrogens is 291 g/mol. The third kappa shape index (κ3) is 3.12. The smallest absolute Gasteiger partial charge is 0.218 e. The van der Waals surface area contributed by atoms with Crippen LogP contribution >= 0.6 is 0 Å². The minimum absolute atomic E-state index is 0.00444. The van der Waals surface area contributed by atoms with Gasteiger partial charge in [0.1, 0.15) is 5.82 Å². The van der Waals surface area contributed by atoms with Crippen molar-refractivity contribution in [2.24, 2.45) is 0 Å². The fourth-order valence-corrected chi connectivity index (χ4v) is 5.22. The van der Waals surface area contributed by atoms with Crippen LogP contribution in [0, 0.1) is 5.82 Å². The molecule has 2 fully saturated rings. The molecule has 0 spiro atoms. The zero-order valence-electron chi connectivity index (χ0n) is 12.2. The van der Waals surface area contributed by atoms with Gasteiger partial charge in [0, 0.05) is 25.2 Å². The molecule has 2 aliphatic heterocycles. The minimum atomic E-state index is -3.35. The Hall–Kier alpha value is -0.980. The Morgan fingerprint density at radius 3 is 2.67 bits per heavy atom. The highest BCUT2D eigenvalue weighted by molar-refractivity contribution is 7.88. The molecule has 2 atom stereocenters. The summed E-state index contributed by atoms with van der Waals surface area (Å²) in [6.07, 6.45) is 2.23. The van der Waals surface area contributed by atoms with Crippen molar-refractivity contribution < 1.29 is 12.8 Å². The second-order valence-corrected chi connectivity index (χ2v) is 8.01. The summed E-state index contributed by atoms with van der Waals surface area (Å²) in [6, 6.07) is 6.08. The monoisotopic (exact) mass is 312 g/mol. The summed E-state index contributed by atoms with van der Waals surface area (Å²) in [5.74, 6) is -0.395. The van der Waals surface area contributed by atoms with Crippen LogP contribution in [0.2, 0.25) is 0 Å². The molecule has 2 heterocycles. The van der Waals surface area contributed by atoms with Crippen LogP contribution in [-0.2, 0) is 15.8 Å². The summed E-state index contributed by atoms with van der Waals surface area (Å²) in [7, 11) is -3.35. The zero-order chi connectivity index (χ0) is 15.0. The Balaban J connectivity index is 1.76. The van der Waals surface area contributed by atoms with E-state index in [4.69, 9.17) is 0 Å². The highest BCUT2D eigenvalue weighted by Gasteiger charge is 2.39. The van der Waals surface area contributed by atoms with Gasteiger partial charge in [-0.3, -0.25) is 4.90 Å². The van der Waals surface area contributed by atoms with Gasteiger partial charge in [-0.1, -0.05) is 12.1 Å². The molecule has 0 saturated carbocycles. The van der Waals surface area contributed by atoms with Crippen LogP contribution in [-0.4, -0.2) is 49.3 Å². The van der Waals surface area contributed by atoms with Gasteiger partial charge < -0.3 is 0 Å². The third-order valence-electron chi connectivity index (χ3n) is 4.50. The number of fused-ring (bicyclic) bond motifs is 1. The zero-order valence-corrected chi connectivity index (χ0v) is 13.0. The van der Waals surface area contributed by atoms with Crippen molar-refractivity contribution in [3.8, 4) is 0 Å². The van der Waals surface area contributed by atoms with Crippen LogP contribution in [0.5, 0.6) is 0 Å². The van der Waals surface area contributed by atoms with Gasteiger partial charge in [-0.2, -0.15) is 4.31 Å². The van der Waals surface area contributed by atoms with Crippen LogP contribution in [0.25, 0.3) is 0 Å². The SMILES string of the molecule is CC1CN2CCCC2CN1S(=O)(=O)Cc1ccc(F)cc1. The summed E-state index contributed by atoms with van der Waals surface area (Å²) in [6.45, 7) is 4.45. The van der Waals surface area contributed by atoms with Gasteiger partial charge >= 0.3 is 0 Å². The van der Waals surface area contributed by atoms with E-state index in [1.165, 1.54) is 12.1 Å². The predicted octanol–water partition coefficient (Wildman–Crippen LogP) is 1.82. The number of nitrogens with zero attached hydrogens (tertiary/aromatic N) is 2. The molecule has 2 unspecified atom stereocenters. The van der Waals surface area contributed by atoms with Crippen molar-refractivity contribution in [1.82, 2.24) is 9.21 Å². The summed E-state index contributed by atoms with van der Waals surface area (Å²) >= 11 is 0. The Morgan fingerprint density at radius 1 is 1.24 bits per heavy atom. The van der Waals surface area contributed by atoms with Crippen molar-refractivity contribution in [3.05, 3.63) is 35.6 Å². The molecule has 4 nitrogen and oxygen atoms in total. The lowest BCUT2D eigenvalue weighted by atomic mass is 10.1. The summed E-state index contributed by atoms with van der Waals surface area (Å²) in [5, 5.41) is 0. The third-order valence-corrected chi connectivity index (χ3v) is 6.42. The number of hydrogen-bond acceptors (Lipinski definition) is 3. The van der Waals surface area contributed by atoms with Gasteiger partial charge in [0.05, 0.1) is 5.75 Å². The summed E-state index contributed by atoms with van der Waals surface area (Å²) in [4.78, 5) is 2.40. The van der Waals surface area contributed by atoms with Crippen LogP contribution in [0.1, 0.15) is 25.3 Å². The molecule has 0 radical (unpaired) electrons. The summed E-state index contributed by atoms with van der Waals surface area (Å²) in [5.41, 5.74) is 0.637. The molecule has 0 amide bonds. The molecule has 2 aliphatic rings. The molecule has 3 rings (SSSR count). The van der Waals surface area contributed by atoms with Gasteiger partial charge in [0.25, 0.3) is 0 Å². The quantitative estimate of drug-likeness (QED) is 0.855. The number of rotatable bonds is 3. The second-order valence-electron chi connectivity index (χ2n) is 6.09. The Morgan fingerprint density at radius 2 is 1.95 bits per heavy atom. The number of piperazine rings is 1. The average molecular weight is 312 g/mol. The minimum Gasteiger partial charge on any atom is -0.297 e. The lowest BCUT2D eigenvalue weighted by Gasteiger charge is -2.41. The van der Waals surface area contributed by atoms with E-state index in [1.807, 2.05) is 6.92 Å². The molecule has 1 aromatic rings. The van der Waals surface area contributed by atoms with E-state index >= 15 is 0 Å². The fourth-order valence-electron chi connectivity index (χ4n) is 3.42. The molecule has 1 aromatic carbocycles. The predicted molar refractivity (Wildman–Crippen MR) is 79.8 cm³/mol. The van der Waals surface area contributed by atoms with E-state index in [0.717, 1.165) is 25.9 Å². The Kier molecular flexibility index (Phi) is 4.03. The molecule has 0 aliphatic carbocycles. The van der Waals surface area contributed by atoms with Crippen LogP contribution in [0.4, 0.5) is 4.39 Å². The average Bonchev–Trinajstić information content (AvgIpc) is 2.87. The van der Waals surface area contributed by atoms with E-state index in [1.54, 1.807) is 16.4 Å². The van der Waals surface area contributed by atoms with Crippen molar-refractivity contribution in [1.29, 1.82) is 0 Å². The van der Waals surface area contributed by atoms with E-state index < -0.39 is 10.0 Å². The van der Waals surface area contributed by atoms with Gasteiger partial charge in [-0.15, -0.1) is 0 Å². The van der Waals surface area contributed by atoms with Gasteiger partial charge in [0.2, 0.25) is 10.0 Å². The largest absolute Gasteiger partial charge is 0.297 e. The highest BCUT2D eigenvalue weighted by atomic mass is 32.2. The topological polar surface area (TPSA) is 40.6 Å². The second kappa shape index (κ2) is 5.66. The van der Waals surface area contributed by atoms with Crippen molar-refractivity contribution in [2.45, 2.75) is 37.6 Å². The highest BCUT2D eigenvalue weighted by Crippen LogP contribution is 2.27. The van der Waals surface area contributed by atoms with Gasteiger partial charge in [0.15, 0.2) is 0 Å². The maximum Gasteiger partial charge on any atom is 0.218 e. The normalized spacial score (nSPS) is 27.7. The lowest BCUT2D eigenvalue weighted by molar-refractivity contribution is 0.117. The van der Waals surface area contributed by atoms with Gasteiger partial charge in [-0.25, -0.2) is 12.8 Å². The first-order chi connectivity index (χ1) is 9.95. The number of benzene rings is 1. The first kappa shape index (κ1) is 14.9. The maximum absolute atomic E-state index is 12.9. The van der Waals surface area contributed by atoms with Gasteiger partial charge in [-0.05, 0) is 44.0 Å². The van der Waals surface area contributed by atoms with Crippen LogP contribution in [0.3, 0.4) is 0 Å². The standard InChI is InChI=1S/C15H21FN2O2S/c1-12-9-17-8-2-3-15(17)10-18(12)21(19,20)11-13-4-6-14(16)7-5-13/h4-7,12,15H,2-3,8-11H2,1H3. The van der Waals surface area contributed by atoms with Crippen molar-refractivity contribution in [2.75, 3.05) is 19.6 Å². The Labute approximate surface area is 125 Å². The van der Waals surface area contributed by atoms with Crippen molar-refractivity contribution >= 4 is 10.0 Å². The van der Waals surface area contributed by atoms with Crippen molar-refractivity contribution in [3.63, 3.8) is 0 Å². The van der Waals surface area contributed by atoms with Crippen LogP contribution in [0.15, 0.2) is 24.3 Å². The molecule has 21 heavy (non-hydrogen) atoms. The van der Waals surface area contributed by atoms with E-state index in [0.29, 0.717) is 18.2 Å². The fraction of sp³-hybridized carbons (Fsp3) is 0.600. The molecular formula is C15H21FN2O2S. The van der Waals surface area contributed by atoms with E-state index in [2.05, 4.69) is 4.90 Å². The van der Waals surface area contributed by atoms with E-state index in [-0.39, 0.29) is 17.6 Å². The first-order valence-electron chi connectivity index (χ1n) is 7.44. The summed E-state index contributed by atoms with van der Waals surface area (Å²) < 4.78 is 39.9. The van der Waals surface area contributed by atoms with E-state index in [9.17, 15) is 12.8 Å². The molecule has 0 bridgehead atoms. The number of sulfonamides is 1. The molecule has 116 valence electrons. The maximum atomic E-state index is 12.9. The molecule has 6 heteroatoms. The molecule has 2 saturated heterocycles. The lowest BCUT2D eigenvalue weighted by Crippen LogP contribution is -2.56. The number of hydrogen-bond donors (Lipinski definition) is 0. The van der Waals surface area contributed by atoms with Crippen LogP contribution < -0.4 is 0 Å². The first-order valence-corrected chi connectivity index (χ1v) is 9.04. The Bertz CT molecular complexity index is 603.